The zero-order chi connectivity index (χ0) is 15.9. The molecule has 4 aliphatic carbocycles. The van der Waals surface area contributed by atoms with Crippen LogP contribution in [-0.4, -0.2) is 16.7 Å². The summed E-state index contributed by atoms with van der Waals surface area (Å²) in [6.07, 6.45) is 5.28. The van der Waals surface area contributed by atoms with Crippen LogP contribution in [-0.2, 0) is 9.59 Å². The van der Waals surface area contributed by atoms with Gasteiger partial charge in [0.1, 0.15) is 5.69 Å². The zero-order valence-corrected chi connectivity index (χ0v) is 12.2. The van der Waals surface area contributed by atoms with Gasteiger partial charge in [0, 0.05) is 6.07 Å². The molecule has 3 fully saturated rings. The summed E-state index contributed by atoms with van der Waals surface area (Å²) in [5.41, 5.74) is -0.0896. The number of rotatable bonds is 2. The van der Waals surface area contributed by atoms with Gasteiger partial charge in [0.25, 0.3) is 5.69 Å². The summed E-state index contributed by atoms with van der Waals surface area (Å²) in [5.74, 6) is 0.0981. The van der Waals surface area contributed by atoms with Crippen LogP contribution < -0.4 is 4.90 Å². The van der Waals surface area contributed by atoms with E-state index < -0.39 is 4.92 Å². The summed E-state index contributed by atoms with van der Waals surface area (Å²) < 4.78 is 0. The summed E-state index contributed by atoms with van der Waals surface area (Å²) in [6, 6.07) is 5.98. The molecule has 2 saturated carbocycles. The second-order valence-electron chi connectivity index (χ2n) is 6.91. The van der Waals surface area contributed by atoms with Crippen molar-refractivity contribution in [2.24, 2.45) is 35.5 Å². The number of benzene rings is 1. The van der Waals surface area contributed by atoms with Gasteiger partial charge in [-0.25, -0.2) is 4.90 Å². The van der Waals surface area contributed by atoms with E-state index in [1.807, 2.05) is 0 Å². The Balaban J connectivity index is 1.61. The highest BCUT2D eigenvalue weighted by atomic mass is 16.6. The Morgan fingerprint density at radius 3 is 2.13 bits per heavy atom. The fourth-order valence-electron chi connectivity index (χ4n) is 5.00. The number of hydrogen-bond acceptors (Lipinski definition) is 4. The van der Waals surface area contributed by atoms with Gasteiger partial charge < -0.3 is 0 Å². The number of nitrogens with zero attached hydrogens (tertiary/aromatic N) is 2. The molecule has 6 nitrogen and oxygen atoms in total. The Kier molecular flexibility index (Phi) is 2.30. The minimum Gasteiger partial charge on any atom is -0.274 e. The van der Waals surface area contributed by atoms with E-state index in [9.17, 15) is 19.7 Å². The standard InChI is InChI=1S/C17H14N2O4/c20-16-14-8-5-6-9(11-7-10(8)11)15(14)17(21)18(16)12-3-1-2-4-13(12)19(22)23/h1-6,8-11,14-15H,7H2/t8-,9-,10-,11+,14-,15+/m1/s1. The summed E-state index contributed by atoms with van der Waals surface area (Å²) in [6.45, 7) is 0. The van der Waals surface area contributed by atoms with E-state index in [1.165, 1.54) is 12.1 Å². The van der Waals surface area contributed by atoms with E-state index in [0.717, 1.165) is 11.3 Å². The highest BCUT2D eigenvalue weighted by Gasteiger charge is 2.67. The Hall–Kier alpha value is -2.50. The van der Waals surface area contributed by atoms with Gasteiger partial charge in [-0.15, -0.1) is 0 Å². The van der Waals surface area contributed by atoms with Crippen LogP contribution >= 0.6 is 0 Å². The smallest absolute Gasteiger partial charge is 0.274 e. The Morgan fingerprint density at radius 1 is 1.00 bits per heavy atom. The lowest BCUT2D eigenvalue weighted by atomic mass is 9.63. The molecule has 0 N–H and O–H groups in total. The molecule has 23 heavy (non-hydrogen) atoms. The first-order valence-corrected chi connectivity index (χ1v) is 7.89. The Labute approximate surface area is 131 Å². The SMILES string of the molecule is O=C1[C@@H]2[C@@H]3C=C[C@H]([C@@H]4C[C@H]34)[C@@H]2C(=O)N1c1ccccc1[N+](=O)[O-]. The maximum absolute atomic E-state index is 12.9. The van der Waals surface area contributed by atoms with Gasteiger partial charge >= 0.3 is 0 Å². The van der Waals surface area contributed by atoms with Gasteiger partial charge in [0.2, 0.25) is 11.8 Å². The highest BCUT2D eigenvalue weighted by Crippen LogP contribution is 2.65. The second-order valence-corrected chi connectivity index (χ2v) is 6.91. The van der Waals surface area contributed by atoms with Gasteiger partial charge in [0.15, 0.2) is 0 Å². The third-order valence-corrected chi connectivity index (χ3v) is 5.98. The van der Waals surface area contributed by atoms with Crippen LogP contribution in [0.1, 0.15) is 6.42 Å². The fourth-order valence-corrected chi connectivity index (χ4v) is 5.00. The molecule has 2 amide bonds. The van der Waals surface area contributed by atoms with Crippen molar-refractivity contribution in [1.82, 2.24) is 0 Å². The molecular formula is C17H14N2O4. The van der Waals surface area contributed by atoms with Crippen LogP contribution in [0, 0.1) is 45.6 Å². The van der Waals surface area contributed by atoms with Gasteiger partial charge in [-0.3, -0.25) is 19.7 Å². The number of nitro groups is 1. The molecule has 6 heteroatoms. The number of nitro benzene ring substituents is 1. The first kappa shape index (κ1) is 13.0. The third-order valence-electron chi connectivity index (χ3n) is 5.98. The molecular weight excluding hydrogens is 296 g/mol. The van der Waals surface area contributed by atoms with Crippen LogP contribution in [0.4, 0.5) is 11.4 Å². The van der Waals surface area contributed by atoms with Gasteiger partial charge in [-0.1, -0.05) is 24.3 Å². The number of para-hydroxylation sites is 2. The molecule has 5 aliphatic rings. The van der Waals surface area contributed by atoms with Crippen molar-refractivity contribution in [2.75, 3.05) is 4.90 Å². The molecule has 0 aromatic heterocycles. The van der Waals surface area contributed by atoms with Gasteiger partial charge in [-0.05, 0) is 36.2 Å². The van der Waals surface area contributed by atoms with Crippen LogP contribution in [0.25, 0.3) is 0 Å². The summed E-state index contributed by atoms with van der Waals surface area (Å²) >= 11 is 0. The van der Waals surface area contributed by atoms with E-state index in [4.69, 9.17) is 0 Å². The maximum Gasteiger partial charge on any atom is 0.293 e. The number of carbonyl (C=O) groups is 2. The lowest BCUT2D eigenvalue weighted by Crippen LogP contribution is -2.40. The molecule has 1 heterocycles. The predicted octanol–water partition coefficient (Wildman–Crippen LogP) is 2.15. The van der Waals surface area contributed by atoms with E-state index in [1.54, 1.807) is 12.1 Å². The van der Waals surface area contributed by atoms with Crippen LogP contribution in [0.2, 0.25) is 0 Å². The number of imide groups is 1. The topological polar surface area (TPSA) is 80.5 Å². The number of hydrogen-bond donors (Lipinski definition) is 0. The average Bonchev–Trinajstić information content (AvgIpc) is 3.32. The predicted molar refractivity (Wildman–Crippen MR) is 80.3 cm³/mol. The van der Waals surface area contributed by atoms with Gasteiger partial charge in [-0.2, -0.15) is 0 Å². The molecule has 6 rings (SSSR count). The molecule has 0 unspecified atom stereocenters. The second kappa shape index (κ2) is 4.07. The normalized spacial score (nSPS) is 39.4. The third kappa shape index (κ3) is 1.48. The highest BCUT2D eigenvalue weighted by molar-refractivity contribution is 6.23. The van der Waals surface area contributed by atoms with Crippen molar-refractivity contribution in [3.63, 3.8) is 0 Å². The fraction of sp³-hybridized carbons (Fsp3) is 0.412. The zero-order valence-electron chi connectivity index (χ0n) is 12.2. The average molecular weight is 310 g/mol. The molecule has 1 aromatic rings. The first-order chi connectivity index (χ1) is 11.1. The number of anilines is 1. The summed E-state index contributed by atoms with van der Waals surface area (Å²) in [4.78, 5) is 37.6. The van der Waals surface area contributed by atoms with Crippen molar-refractivity contribution in [3.05, 3.63) is 46.5 Å². The summed E-state index contributed by atoms with van der Waals surface area (Å²) in [5, 5.41) is 11.3. The van der Waals surface area contributed by atoms with Crippen LogP contribution in [0.3, 0.4) is 0 Å². The largest absolute Gasteiger partial charge is 0.293 e. The van der Waals surface area contributed by atoms with Crippen molar-refractivity contribution in [2.45, 2.75) is 6.42 Å². The van der Waals surface area contributed by atoms with E-state index in [2.05, 4.69) is 12.2 Å². The Bertz CT molecular complexity index is 766. The Morgan fingerprint density at radius 2 is 1.57 bits per heavy atom. The minimum atomic E-state index is -0.539. The van der Waals surface area contributed by atoms with Crippen molar-refractivity contribution < 1.29 is 14.5 Å². The number of carbonyl (C=O) groups excluding carboxylic acids is 2. The van der Waals surface area contributed by atoms with E-state index in [0.29, 0.717) is 11.8 Å². The van der Waals surface area contributed by atoms with Crippen molar-refractivity contribution >= 4 is 23.2 Å². The molecule has 2 bridgehead atoms. The number of allylic oxidation sites excluding steroid dienone is 2. The number of amides is 2. The lowest BCUT2D eigenvalue weighted by Gasteiger charge is -2.37. The quantitative estimate of drug-likeness (QED) is 0.363. The van der Waals surface area contributed by atoms with Crippen molar-refractivity contribution in [1.29, 1.82) is 0 Å². The molecule has 0 spiro atoms. The van der Waals surface area contributed by atoms with E-state index >= 15 is 0 Å². The molecule has 6 atom stereocenters. The molecule has 116 valence electrons. The van der Waals surface area contributed by atoms with Crippen LogP contribution in [0.5, 0.6) is 0 Å². The molecule has 1 aromatic carbocycles. The van der Waals surface area contributed by atoms with Crippen LogP contribution in [0.15, 0.2) is 36.4 Å². The van der Waals surface area contributed by atoms with E-state index in [-0.39, 0.29) is 46.9 Å². The van der Waals surface area contributed by atoms with Gasteiger partial charge in [0.05, 0.1) is 16.8 Å². The molecule has 1 saturated heterocycles. The molecule has 1 aliphatic heterocycles. The van der Waals surface area contributed by atoms with Crippen molar-refractivity contribution in [3.8, 4) is 0 Å². The first-order valence-electron chi connectivity index (χ1n) is 7.89. The molecule has 0 radical (unpaired) electrons. The monoisotopic (exact) mass is 310 g/mol. The minimum absolute atomic E-state index is 0.106. The maximum atomic E-state index is 12.9. The summed E-state index contributed by atoms with van der Waals surface area (Å²) in [7, 11) is 0. The lowest BCUT2D eigenvalue weighted by molar-refractivity contribution is -0.384.